The molecule has 1 heterocycles. The number of fused-ring (bicyclic) bond motifs is 1. The zero-order chi connectivity index (χ0) is 21.5. The van der Waals surface area contributed by atoms with Gasteiger partial charge >= 0.3 is 0 Å². The van der Waals surface area contributed by atoms with Gasteiger partial charge in [-0.3, -0.25) is 4.79 Å². The Morgan fingerprint density at radius 3 is 2.40 bits per heavy atom. The molecule has 0 atom stereocenters. The molecule has 0 amide bonds. The maximum Gasteiger partial charge on any atom is 0.258 e. The molecule has 0 aliphatic rings. The second-order valence-electron chi connectivity index (χ2n) is 7.74. The smallest absolute Gasteiger partial charge is 0.258 e. The number of nitrogens with zero attached hydrogens (tertiary/aromatic N) is 2. The molecule has 0 unspecified atom stereocenters. The lowest BCUT2D eigenvalue weighted by Crippen LogP contribution is -2.20. The summed E-state index contributed by atoms with van der Waals surface area (Å²) in [5, 5.41) is 1.47. The fourth-order valence-electron chi connectivity index (χ4n) is 3.54. The molecule has 0 radical (unpaired) electrons. The molecule has 0 fully saturated rings. The van der Waals surface area contributed by atoms with Crippen molar-refractivity contribution in [2.24, 2.45) is 0 Å². The second-order valence-corrected chi connectivity index (χ2v) is 7.74. The topological polar surface area (TPSA) is 43.7 Å². The summed E-state index contributed by atoms with van der Waals surface area (Å²) in [7, 11) is 5.68. The first-order valence-corrected chi connectivity index (χ1v) is 10.6. The molecule has 160 valence electrons. The van der Waals surface area contributed by atoms with Crippen LogP contribution in [0.4, 0.5) is 5.69 Å². The van der Waals surface area contributed by atoms with Gasteiger partial charge in [0.05, 0.1) is 19.1 Å². The molecule has 0 saturated heterocycles. The van der Waals surface area contributed by atoms with Crippen molar-refractivity contribution in [3.63, 3.8) is 0 Å². The van der Waals surface area contributed by atoms with Gasteiger partial charge in [-0.05, 0) is 48.7 Å². The molecule has 30 heavy (non-hydrogen) atoms. The molecule has 0 spiro atoms. The van der Waals surface area contributed by atoms with E-state index in [0.717, 1.165) is 31.1 Å². The van der Waals surface area contributed by atoms with E-state index in [2.05, 4.69) is 36.1 Å². The Labute approximate surface area is 178 Å². The standard InChI is InChI=1S/C25H32N2O3/c1-5-6-7-18-30-24-21-15-17-27(25(28)22(21)12-13-23(24)29-4)16-14-19-8-10-20(11-9-19)26(2)3/h8-13,15,17H,5-7,14,16,18H2,1-4H3. The van der Waals surface area contributed by atoms with Gasteiger partial charge in [0.1, 0.15) is 0 Å². The van der Waals surface area contributed by atoms with E-state index in [1.54, 1.807) is 11.7 Å². The average Bonchev–Trinajstić information content (AvgIpc) is 2.76. The third kappa shape index (κ3) is 4.96. The summed E-state index contributed by atoms with van der Waals surface area (Å²) < 4.78 is 13.3. The lowest BCUT2D eigenvalue weighted by Gasteiger charge is -2.15. The molecule has 0 aliphatic carbocycles. The van der Waals surface area contributed by atoms with E-state index in [0.29, 0.717) is 30.0 Å². The molecule has 0 saturated carbocycles. The first-order valence-electron chi connectivity index (χ1n) is 10.6. The molecule has 0 bridgehead atoms. The average molecular weight is 409 g/mol. The number of hydrogen-bond donors (Lipinski definition) is 0. The summed E-state index contributed by atoms with van der Waals surface area (Å²) in [5.74, 6) is 1.33. The van der Waals surface area contributed by atoms with E-state index < -0.39 is 0 Å². The van der Waals surface area contributed by atoms with Crippen LogP contribution in [0.3, 0.4) is 0 Å². The number of aromatic nitrogens is 1. The first kappa shape index (κ1) is 21.8. The molecular formula is C25H32N2O3. The monoisotopic (exact) mass is 408 g/mol. The number of anilines is 1. The summed E-state index contributed by atoms with van der Waals surface area (Å²) in [6.07, 6.45) is 5.90. The minimum atomic E-state index is -0.00141. The highest BCUT2D eigenvalue weighted by Gasteiger charge is 2.13. The summed E-state index contributed by atoms with van der Waals surface area (Å²) in [4.78, 5) is 15.2. The van der Waals surface area contributed by atoms with E-state index >= 15 is 0 Å². The molecule has 0 N–H and O–H groups in total. The highest BCUT2D eigenvalue weighted by Crippen LogP contribution is 2.34. The number of rotatable bonds is 10. The SMILES string of the molecule is CCCCCOc1c(OC)ccc2c(=O)n(CCc3ccc(N(C)C)cc3)ccc12. The zero-order valence-corrected chi connectivity index (χ0v) is 18.5. The minimum absolute atomic E-state index is 0.00141. The molecular weight excluding hydrogens is 376 g/mol. The van der Waals surface area contributed by atoms with Crippen molar-refractivity contribution in [3.05, 3.63) is 64.6 Å². The third-order valence-electron chi connectivity index (χ3n) is 5.38. The number of aryl methyl sites for hydroxylation is 2. The molecule has 1 aromatic heterocycles. The van der Waals surface area contributed by atoms with Gasteiger partial charge < -0.3 is 18.9 Å². The van der Waals surface area contributed by atoms with Crippen LogP contribution in [0.5, 0.6) is 11.5 Å². The summed E-state index contributed by atoms with van der Waals surface area (Å²) in [6, 6.07) is 14.1. The lowest BCUT2D eigenvalue weighted by molar-refractivity contribution is 0.289. The van der Waals surface area contributed by atoms with Crippen molar-refractivity contribution < 1.29 is 9.47 Å². The Morgan fingerprint density at radius 2 is 1.73 bits per heavy atom. The summed E-state index contributed by atoms with van der Waals surface area (Å²) in [5.41, 5.74) is 2.38. The predicted molar refractivity (Wildman–Crippen MR) is 124 cm³/mol. The number of benzene rings is 2. The van der Waals surface area contributed by atoms with Crippen molar-refractivity contribution in [3.8, 4) is 11.5 Å². The van der Waals surface area contributed by atoms with E-state index in [4.69, 9.17) is 9.47 Å². The van der Waals surface area contributed by atoms with Crippen LogP contribution in [0.2, 0.25) is 0 Å². The summed E-state index contributed by atoms with van der Waals surface area (Å²) >= 11 is 0. The maximum atomic E-state index is 13.1. The Morgan fingerprint density at radius 1 is 0.967 bits per heavy atom. The quantitative estimate of drug-likeness (QED) is 0.448. The highest BCUT2D eigenvalue weighted by atomic mass is 16.5. The number of pyridine rings is 1. The predicted octanol–water partition coefficient (Wildman–Crippen LogP) is 4.89. The van der Waals surface area contributed by atoms with Crippen molar-refractivity contribution in [1.82, 2.24) is 4.57 Å². The third-order valence-corrected chi connectivity index (χ3v) is 5.38. The van der Waals surface area contributed by atoms with Gasteiger partial charge in [-0.2, -0.15) is 0 Å². The van der Waals surface area contributed by atoms with Gasteiger partial charge in [-0.25, -0.2) is 0 Å². The molecule has 3 rings (SSSR count). The van der Waals surface area contributed by atoms with Crippen LogP contribution in [0.1, 0.15) is 31.7 Å². The fraction of sp³-hybridized carbons (Fsp3) is 0.400. The Kier molecular flexibility index (Phi) is 7.39. The van der Waals surface area contributed by atoms with Gasteiger partial charge in [0, 0.05) is 37.9 Å². The first-order chi connectivity index (χ1) is 14.5. The largest absolute Gasteiger partial charge is 0.493 e. The van der Waals surface area contributed by atoms with Crippen LogP contribution in [0.15, 0.2) is 53.5 Å². The van der Waals surface area contributed by atoms with Gasteiger partial charge in [0.15, 0.2) is 11.5 Å². The van der Waals surface area contributed by atoms with Crippen molar-refractivity contribution >= 4 is 16.5 Å². The summed E-state index contributed by atoms with van der Waals surface area (Å²) in [6.45, 7) is 3.42. The normalized spacial score (nSPS) is 10.9. The van der Waals surface area contributed by atoms with Gasteiger partial charge in [0.25, 0.3) is 5.56 Å². The van der Waals surface area contributed by atoms with Gasteiger partial charge in [-0.15, -0.1) is 0 Å². The van der Waals surface area contributed by atoms with Crippen LogP contribution >= 0.6 is 0 Å². The van der Waals surface area contributed by atoms with Crippen LogP contribution < -0.4 is 19.9 Å². The number of unbranched alkanes of at least 4 members (excludes halogenated alkanes) is 2. The van der Waals surface area contributed by atoms with Crippen molar-refractivity contribution in [2.45, 2.75) is 39.2 Å². The Balaban J connectivity index is 1.82. The number of hydrogen-bond acceptors (Lipinski definition) is 4. The maximum absolute atomic E-state index is 13.1. The van der Waals surface area contributed by atoms with Crippen LogP contribution in [-0.4, -0.2) is 32.4 Å². The van der Waals surface area contributed by atoms with Gasteiger partial charge in [-0.1, -0.05) is 31.9 Å². The van der Waals surface area contributed by atoms with E-state index in [1.165, 1.54) is 11.3 Å². The fourth-order valence-corrected chi connectivity index (χ4v) is 3.54. The molecule has 0 aliphatic heterocycles. The van der Waals surface area contributed by atoms with E-state index in [9.17, 15) is 4.79 Å². The van der Waals surface area contributed by atoms with E-state index in [-0.39, 0.29) is 5.56 Å². The van der Waals surface area contributed by atoms with Crippen molar-refractivity contribution in [1.29, 1.82) is 0 Å². The van der Waals surface area contributed by atoms with Crippen LogP contribution in [0, 0.1) is 0 Å². The minimum Gasteiger partial charge on any atom is -0.493 e. The van der Waals surface area contributed by atoms with Crippen LogP contribution in [0.25, 0.3) is 10.8 Å². The Bertz CT molecular complexity index is 1020. The molecule has 3 aromatic rings. The van der Waals surface area contributed by atoms with Gasteiger partial charge in [0.2, 0.25) is 0 Å². The van der Waals surface area contributed by atoms with E-state index in [1.807, 2.05) is 38.5 Å². The Hall–Kier alpha value is -2.95. The highest BCUT2D eigenvalue weighted by molar-refractivity contribution is 5.90. The number of methoxy groups -OCH3 is 1. The number of ether oxygens (including phenoxy) is 2. The van der Waals surface area contributed by atoms with Crippen LogP contribution in [-0.2, 0) is 13.0 Å². The second kappa shape index (κ2) is 10.2. The molecule has 5 heteroatoms. The van der Waals surface area contributed by atoms with Crippen molar-refractivity contribution in [2.75, 3.05) is 32.7 Å². The molecule has 2 aromatic carbocycles. The molecule has 5 nitrogen and oxygen atoms in total. The lowest BCUT2D eigenvalue weighted by atomic mass is 10.1. The zero-order valence-electron chi connectivity index (χ0n) is 18.5.